The maximum atomic E-state index is 4.73. The quantitative estimate of drug-likeness (QED) is 0.507. The van der Waals surface area contributed by atoms with Crippen molar-refractivity contribution in [3.05, 3.63) is 84.6 Å². The predicted octanol–water partition coefficient (Wildman–Crippen LogP) is 4.98. The lowest BCUT2D eigenvalue weighted by Crippen LogP contribution is -1.87. The molecule has 22 heavy (non-hydrogen) atoms. The molecule has 0 aliphatic heterocycles. The minimum atomic E-state index is 1.05. The van der Waals surface area contributed by atoms with E-state index < -0.39 is 0 Å². The van der Waals surface area contributed by atoms with E-state index in [1.807, 2.05) is 35.0 Å². The van der Waals surface area contributed by atoms with Crippen molar-refractivity contribution in [2.75, 3.05) is 0 Å². The maximum Gasteiger partial charge on any atom is 0.0962 e. The van der Waals surface area contributed by atoms with E-state index in [4.69, 9.17) is 5.10 Å². The number of pyridine rings is 1. The van der Waals surface area contributed by atoms with Crippen LogP contribution >= 0.6 is 0 Å². The molecule has 0 bridgehead atoms. The van der Waals surface area contributed by atoms with Crippen LogP contribution in [0.15, 0.2) is 79.0 Å². The molecule has 0 aliphatic carbocycles. The van der Waals surface area contributed by atoms with Gasteiger partial charge in [-0.15, -0.1) is 0 Å². The summed E-state index contributed by atoms with van der Waals surface area (Å²) < 4.78 is 1.96. The number of rotatable bonds is 2. The van der Waals surface area contributed by atoms with E-state index in [0.717, 1.165) is 16.8 Å². The minimum Gasteiger partial charge on any atom is -0.240 e. The molecule has 0 spiro atoms. The molecular weight excluding hydrogens is 268 g/mol. The van der Waals surface area contributed by atoms with Gasteiger partial charge in [0.1, 0.15) is 0 Å². The molecule has 2 aromatic heterocycles. The third-order valence-electron chi connectivity index (χ3n) is 4.04. The van der Waals surface area contributed by atoms with Crippen LogP contribution in [0.1, 0.15) is 5.56 Å². The molecule has 0 radical (unpaired) electrons. The van der Waals surface area contributed by atoms with Gasteiger partial charge in [-0.1, -0.05) is 60.7 Å². The van der Waals surface area contributed by atoms with Crippen LogP contribution < -0.4 is 0 Å². The van der Waals surface area contributed by atoms with Gasteiger partial charge < -0.3 is 0 Å². The Hall–Kier alpha value is -2.87. The predicted molar refractivity (Wildman–Crippen MR) is 90.8 cm³/mol. The molecule has 0 amide bonds. The highest BCUT2D eigenvalue weighted by Crippen LogP contribution is 2.28. The molecule has 0 aliphatic rings. The molecule has 2 heteroatoms. The number of aromatic nitrogens is 2. The van der Waals surface area contributed by atoms with Crippen LogP contribution in [-0.4, -0.2) is 9.61 Å². The molecular formula is C20H16N2. The topological polar surface area (TPSA) is 17.3 Å². The van der Waals surface area contributed by atoms with Crippen molar-refractivity contribution < 1.29 is 0 Å². The zero-order chi connectivity index (χ0) is 14.9. The highest BCUT2D eigenvalue weighted by atomic mass is 15.2. The van der Waals surface area contributed by atoms with Crippen molar-refractivity contribution in [3.8, 4) is 22.4 Å². The first-order valence-corrected chi connectivity index (χ1v) is 7.43. The fourth-order valence-electron chi connectivity index (χ4n) is 2.84. The van der Waals surface area contributed by atoms with Gasteiger partial charge in [0.25, 0.3) is 0 Å². The van der Waals surface area contributed by atoms with E-state index in [1.165, 1.54) is 16.7 Å². The van der Waals surface area contributed by atoms with E-state index in [1.54, 1.807) is 0 Å². The van der Waals surface area contributed by atoms with Crippen LogP contribution in [0, 0.1) is 6.92 Å². The number of aryl methyl sites for hydroxylation is 1. The number of benzene rings is 2. The number of nitrogens with zero attached hydrogens (tertiary/aromatic N) is 2. The summed E-state index contributed by atoms with van der Waals surface area (Å²) in [5.74, 6) is 0. The lowest BCUT2D eigenvalue weighted by atomic mass is 10.0. The monoisotopic (exact) mass is 284 g/mol. The number of hydrogen-bond acceptors (Lipinski definition) is 1. The molecule has 4 rings (SSSR count). The van der Waals surface area contributed by atoms with Gasteiger partial charge in [0.2, 0.25) is 0 Å². The van der Waals surface area contributed by atoms with E-state index in [-0.39, 0.29) is 0 Å². The SMILES string of the molecule is Cc1c(-c2ccccc2)nn2ccc(-c3ccccc3)cc12. The Morgan fingerprint density at radius 3 is 2.05 bits per heavy atom. The summed E-state index contributed by atoms with van der Waals surface area (Å²) in [6, 6.07) is 25.1. The average Bonchev–Trinajstić information content (AvgIpc) is 2.93. The Bertz CT molecular complexity index is 922. The Morgan fingerprint density at radius 2 is 1.36 bits per heavy atom. The number of hydrogen-bond donors (Lipinski definition) is 0. The standard InChI is InChI=1S/C20H16N2/c1-15-19-14-18(16-8-4-2-5-9-16)12-13-22(19)21-20(15)17-10-6-3-7-11-17/h2-14H,1H3. The highest BCUT2D eigenvalue weighted by Gasteiger charge is 2.11. The third kappa shape index (κ3) is 2.09. The molecule has 0 fully saturated rings. The lowest BCUT2D eigenvalue weighted by Gasteiger charge is -2.02. The largest absolute Gasteiger partial charge is 0.240 e. The van der Waals surface area contributed by atoms with Crippen molar-refractivity contribution in [1.29, 1.82) is 0 Å². The summed E-state index contributed by atoms with van der Waals surface area (Å²) in [5, 5.41) is 4.73. The zero-order valence-corrected chi connectivity index (χ0v) is 12.4. The fourth-order valence-corrected chi connectivity index (χ4v) is 2.84. The van der Waals surface area contributed by atoms with Gasteiger partial charge >= 0.3 is 0 Å². The van der Waals surface area contributed by atoms with E-state index in [2.05, 4.69) is 55.5 Å². The van der Waals surface area contributed by atoms with Gasteiger partial charge in [-0.05, 0) is 30.2 Å². The molecule has 0 atom stereocenters. The Labute approximate surface area is 129 Å². The van der Waals surface area contributed by atoms with Crippen LogP contribution in [0.25, 0.3) is 27.9 Å². The Morgan fingerprint density at radius 1 is 0.727 bits per heavy atom. The van der Waals surface area contributed by atoms with Gasteiger partial charge in [0.05, 0.1) is 11.2 Å². The Balaban J connectivity index is 1.89. The smallest absolute Gasteiger partial charge is 0.0962 e. The molecule has 106 valence electrons. The van der Waals surface area contributed by atoms with E-state index >= 15 is 0 Å². The normalized spacial score (nSPS) is 11.0. The molecule has 4 aromatic rings. The second kappa shape index (κ2) is 5.15. The van der Waals surface area contributed by atoms with Crippen molar-refractivity contribution in [2.45, 2.75) is 6.92 Å². The first kappa shape index (κ1) is 12.8. The molecule has 2 heterocycles. The molecule has 0 unspecified atom stereocenters. The van der Waals surface area contributed by atoms with Crippen LogP contribution in [0.3, 0.4) is 0 Å². The van der Waals surface area contributed by atoms with Crippen molar-refractivity contribution >= 4 is 5.52 Å². The van der Waals surface area contributed by atoms with Gasteiger partial charge in [-0.3, -0.25) is 0 Å². The summed E-state index contributed by atoms with van der Waals surface area (Å²) in [5.41, 5.74) is 7.02. The lowest BCUT2D eigenvalue weighted by molar-refractivity contribution is 0.966. The van der Waals surface area contributed by atoms with Gasteiger partial charge in [0, 0.05) is 17.3 Å². The second-order valence-electron chi connectivity index (χ2n) is 5.45. The maximum absolute atomic E-state index is 4.73. The summed E-state index contributed by atoms with van der Waals surface area (Å²) in [6.45, 7) is 2.14. The molecule has 0 saturated heterocycles. The zero-order valence-electron chi connectivity index (χ0n) is 12.4. The second-order valence-corrected chi connectivity index (χ2v) is 5.45. The molecule has 0 saturated carbocycles. The fraction of sp³-hybridized carbons (Fsp3) is 0.0500. The Kier molecular flexibility index (Phi) is 3.01. The highest BCUT2D eigenvalue weighted by molar-refractivity contribution is 5.76. The van der Waals surface area contributed by atoms with E-state index in [0.29, 0.717) is 0 Å². The first-order valence-electron chi connectivity index (χ1n) is 7.43. The van der Waals surface area contributed by atoms with Crippen molar-refractivity contribution in [2.24, 2.45) is 0 Å². The summed E-state index contributed by atoms with van der Waals surface area (Å²) in [7, 11) is 0. The van der Waals surface area contributed by atoms with E-state index in [9.17, 15) is 0 Å². The van der Waals surface area contributed by atoms with Crippen molar-refractivity contribution in [3.63, 3.8) is 0 Å². The summed E-state index contributed by atoms with van der Waals surface area (Å²) in [4.78, 5) is 0. The summed E-state index contributed by atoms with van der Waals surface area (Å²) in [6.07, 6.45) is 2.04. The summed E-state index contributed by atoms with van der Waals surface area (Å²) >= 11 is 0. The minimum absolute atomic E-state index is 1.05. The van der Waals surface area contributed by atoms with Gasteiger partial charge in [-0.2, -0.15) is 5.10 Å². The third-order valence-corrected chi connectivity index (χ3v) is 4.04. The molecule has 2 nitrogen and oxygen atoms in total. The number of fused-ring (bicyclic) bond motifs is 1. The first-order chi connectivity index (χ1) is 10.8. The van der Waals surface area contributed by atoms with Crippen LogP contribution in [0.5, 0.6) is 0 Å². The van der Waals surface area contributed by atoms with Gasteiger partial charge in [0.15, 0.2) is 0 Å². The molecule has 0 N–H and O–H groups in total. The van der Waals surface area contributed by atoms with Crippen molar-refractivity contribution in [1.82, 2.24) is 9.61 Å². The molecule has 2 aromatic carbocycles. The van der Waals surface area contributed by atoms with Gasteiger partial charge in [-0.25, -0.2) is 4.52 Å². The van der Waals surface area contributed by atoms with Crippen LogP contribution in [0.2, 0.25) is 0 Å². The average molecular weight is 284 g/mol. The van der Waals surface area contributed by atoms with Crippen LogP contribution in [0.4, 0.5) is 0 Å². The van der Waals surface area contributed by atoms with Crippen LogP contribution in [-0.2, 0) is 0 Å².